The second-order valence-corrected chi connectivity index (χ2v) is 8.49. The quantitative estimate of drug-likeness (QED) is 0.185. The predicted octanol–water partition coefficient (Wildman–Crippen LogP) is 5.97. The minimum Gasteiger partial charge on any atom is -0.467 e. The highest BCUT2D eigenvalue weighted by Gasteiger charge is 2.34. The highest BCUT2D eigenvalue weighted by Crippen LogP contribution is 2.34. The summed E-state index contributed by atoms with van der Waals surface area (Å²) in [6, 6.07) is 24.4. The molecule has 0 N–H and O–H groups in total. The molecule has 7 nitrogen and oxygen atoms in total. The van der Waals surface area contributed by atoms with E-state index >= 15 is 0 Å². The van der Waals surface area contributed by atoms with Crippen LogP contribution in [0, 0.1) is 0 Å². The molecule has 0 spiro atoms. The number of hydrogen-bond acceptors (Lipinski definition) is 7. The Morgan fingerprint density at radius 1 is 0.971 bits per heavy atom. The van der Waals surface area contributed by atoms with Crippen molar-refractivity contribution in [3.8, 4) is 11.5 Å². The van der Waals surface area contributed by atoms with Crippen molar-refractivity contribution in [1.29, 1.82) is 0 Å². The van der Waals surface area contributed by atoms with E-state index in [2.05, 4.69) is 15.2 Å². The van der Waals surface area contributed by atoms with E-state index in [1.165, 1.54) is 11.8 Å². The summed E-state index contributed by atoms with van der Waals surface area (Å²) in [5.41, 5.74) is 1.65. The van der Waals surface area contributed by atoms with E-state index in [9.17, 15) is 4.79 Å². The van der Waals surface area contributed by atoms with Crippen molar-refractivity contribution in [1.82, 2.24) is 9.88 Å². The normalized spacial score (nSPS) is 16.0. The number of carbonyl (C=O) groups is 1. The lowest BCUT2D eigenvalue weighted by atomic mass is 10.2. The first-order chi connectivity index (χ1) is 17.2. The standard InChI is InChI=1S/C27H20N4O3S/c32-26-25(16-20-7-4-11-23(15-20)34-22-9-2-1-3-10-22)35-27(31(26)19-24-12-6-14-33-24)30-29-18-21-8-5-13-28-17-21/h1-18H,19H2/b25-16-,29-18-,30-27+. The van der Waals surface area contributed by atoms with Gasteiger partial charge in [-0.1, -0.05) is 36.4 Å². The summed E-state index contributed by atoms with van der Waals surface area (Å²) in [6.45, 7) is 0.259. The molecule has 1 saturated heterocycles. The van der Waals surface area contributed by atoms with Crippen molar-refractivity contribution in [2.75, 3.05) is 0 Å². The number of aromatic nitrogens is 1. The van der Waals surface area contributed by atoms with Crippen molar-refractivity contribution in [2.45, 2.75) is 6.54 Å². The van der Waals surface area contributed by atoms with E-state index in [1.807, 2.05) is 78.9 Å². The lowest BCUT2D eigenvalue weighted by molar-refractivity contribution is -0.122. The first kappa shape index (κ1) is 22.4. The third kappa shape index (κ3) is 5.74. The summed E-state index contributed by atoms with van der Waals surface area (Å²) in [7, 11) is 0. The van der Waals surface area contributed by atoms with Crippen LogP contribution in [-0.2, 0) is 11.3 Å². The number of nitrogens with zero attached hydrogens (tertiary/aromatic N) is 4. The molecule has 1 fully saturated rings. The first-order valence-electron chi connectivity index (χ1n) is 10.8. The smallest absolute Gasteiger partial charge is 0.267 e. The molecular weight excluding hydrogens is 460 g/mol. The van der Waals surface area contributed by atoms with Crippen LogP contribution in [0.5, 0.6) is 11.5 Å². The van der Waals surface area contributed by atoms with Gasteiger partial charge in [0.25, 0.3) is 5.91 Å². The van der Waals surface area contributed by atoms with Crippen molar-refractivity contribution in [2.24, 2.45) is 10.2 Å². The van der Waals surface area contributed by atoms with Crippen LogP contribution in [0.4, 0.5) is 0 Å². The van der Waals surface area contributed by atoms with E-state index in [-0.39, 0.29) is 12.5 Å². The van der Waals surface area contributed by atoms with E-state index in [1.54, 1.807) is 35.8 Å². The molecule has 0 unspecified atom stereocenters. The Morgan fingerprint density at radius 2 is 1.83 bits per heavy atom. The molecule has 5 rings (SSSR count). The maximum Gasteiger partial charge on any atom is 0.267 e. The van der Waals surface area contributed by atoms with Gasteiger partial charge in [-0.2, -0.15) is 5.10 Å². The number of pyridine rings is 1. The van der Waals surface area contributed by atoms with Gasteiger partial charge < -0.3 is 9.15 Å². The van der Waals surface area contributed by atoms with Gasteiger partial charge in [-0.3, -0.25) is 14.7 Å². The Kier molecular flexibility index (Phi) is 6.82. The maximum absolute atomic E-state index is 13.3. The van der Waals surface area contributed by atoms with Crippen LogP contribution in [-0.4, -0.2) is 27.2 Å². The summed E-state index contributed by atoms with van der Waals surface area (Å²) in [6.07, 6.45) is 8.38. The van der Waals surface area contributed by atoms with Crippen LogP contribution in [0.3, 0.4) is 0 Å². The molecule has 3 heterocycles. The molecule has 0 saturated carbocycles. The Hall–Kier alpha value is -4.43. The maximum atomic E-state index is 13.3. The van der Waals surface area contributed by atoms with Crippen LogP contribution < -0.4 is 4.74 Å². The molecule has 2 aromatic heterocycles. The molecule has 0 radical (unpaired) electrons. The second-order valence-electron chi connectivity index (χ2n) is 7.48. The SMILES string of the molecule is O=C1/C(=C/c2cccc(Oc3ccccc3)c2)S/C(=N/N=C\c2cccnc2)N1Cc1ccco1. The van der Waals surface area contributed by atoms with Gasteiger partial charge in [0.2, 0.25) is 0 Å². The lowest BCUT2D eigenvalue weighted by Gasteiger charge is -2.12. The van der Waals surface area contributed by atoms with Gasteiger partial charge >= 0.3 is 0 Å². The minimum atomic E-state index is -0.170. The highest BCUT2D eigenvalue weighted by atomic mass is 32.2. The molecule has 2 aromatic carbocycles. The Bertz CT molecular complexity index is 1380. The largest absolute Gasteiger partial charge is 0.467 e. The first-order valence-corrected chi connectivity index (χ1v) is 11.6. The molecule has 1 aliphatic rings. The molecule has 0 bridgehead atoms. The number of furan rings is 1. The Balaban J connectivity index is 1.40. The van der Waals surface area contributed by atoms with E-state index in [0.29, 0.717) is 21.6 Å². The van der Waals surface area contributed by atoms with E-state index in [4.69, 9.17) is 9.15 Å². The summed E-state index contributed by atoms with van der Waals surface area (Å²) < 4.78 is 11.4. The molecule has 1 amide bonds. The van der Waals surface area contributed by atoms with Crippen LogP contribution in [0.25, 0.3) is 6.08 Å². The molecule has 0 aliphatic carbocycles. The number of amides is 1. The molecule has 0 atom stereocenters. The van der Waals surface area contributed by atoms with E-state index < -0.39 is 0 Å². The van der Waals surface area contributed by atoms with E-state index in [0.717, 1.165) is 16.9 Å². The Labute approximate surface area is 206 Å². The molecule has 4 aromatic rings. The van der Waals surface area contributed by atoms with Crippen LogP contribution in [0.15, 0.2) is 117 Å². The summed E-state index contributed by atoms with van der Waals surface area (Å²) in [4.78, 5) is 19.4. The number of benzene rings is 2. The second kappa shape index (κ2) is 10.7. The third-order valence-corrected chi connectivity index (χ3v) is 5.95. The number of carbonyl (C=O) groups excluding carboxylic acids is 1. The summed E-state index contributed by atoms with van der Waals surface area (Å²) in [5.74, 6) is 1.91. The lowest BCUT2D eigenvalue weighted by Crippen LogP contribution is -2.28. The zero-order valence-corrected chi connectivity index (χ0v) is 19.3. The van der Waals surface area contributed by atoms with Gasteiger partial charge in [-0.15, -0.1) is 5.10 Å². The molecule has 1 aliphatic heterocycles. The molecule has 35 heavy (non-hydrogen) atoms. The van der Waals surface area contributed by atoms with Crippen molar-refractivity contribution >= 4 is 35.1 Å². The van der Waals surface area contributed by atoms with Crippen molar-refractivity contribution in [3.63, 3.8) is 0 Å². The minimum absolute atomic E-state index is 0.170. The van der Waals surface area contributed by atoms with Crippen LogP contribution >= 0.6 is 11.8 Å². The fraction of sp³-hybridized carbons (Fsp3) is 0.0370. The van der Waals surface area contributed by atoms with Crippen molar-refractivity contribution < 1.29 is 13.9 Å². The zero-order valence-electron chi connectivity index (χ0n) is 18.5. The molecular formula is C27H20N4O3S. The zero-order chi connectivity index (χ0) is 23.9. The van der Waals surface area contributed by atoms with Gasteiger partial charge in [0, 0.05) is 18.0 Å². The van der Waals surface area contributed by atoms with Gasteiger partial charge in [-0.05, 0) is 65.9 Å². The summed E-state index contributed by atoms with van der Waals surface area (Å²) in [5, 5.41) is 8.95. The summed E-state index contributed by atoms with van der Waals surface area (Å²) >= 11 is 1.26. The number of rotatable bonds is 7. The fourth-order valence-electron chi connectivity index (χ4n) is 3.32. The van der Waals surface area contributed by atoms with Gasteiger partial charge in [0.15, 0.2) is 5.17 Å². The monoisotopic (exact) mass is 480 g/mol. The molecule has 8 heteroatoms. The number of para-hydroxylation sites is 1. The third-order valence-electron chi connectivity index (χ3n) is 4.95. The number of ether oxygens (including phenoxy) is 1. The number of hydrogen-bond donors (Lipinski definition) is 0. The van der Waals surface area contributed by atoms with Gasteiger partial charge in [-0.25, -0.2) is 0 Å². The average Bonchev–Trinajstić information content (AvgIpc) is 3.50. The fourth-order valence-corrected chi connectivity index (χ4v) is 4.26. The number of thioether (sulfide) groups is 1. The topological polar surface area (TPSA) is 80.3 Å². The Morgan fingerprint density at radius 3 is 2.63 bits per heavy atom. The van der Waals surface area contributed by atoms with Gasteiger partial charge in [0.05, 0.1) is 23.9 Å². The predicted molar refractivity (Wildman–Crippen MR) is 137 cm³/mol. The highest BCUT2D eigenvalue weighted by molar-refractivity contribution is 8.18. The van der Waals surface area contributed by atoms with Crippen molar-refractivity contribution in [3.05, 3.63) is 119 Å². The average molecular weight is 481 g/mol. The van der Waals surface area contributed by atoms with Crippen LogP contribution in [0.2, 0.25) is 0 Å². The molecule has 172 valence electrons. The van der Waals surface area contributed by atoms with Crippen LogP contribution in [0.1, 0.15) is 16.9 Å². The number of amidine groups is 1. The van der Waals surface area contributed by atoms with Gasteiger partial charge in [0.1, 0.15) is 17.3 Å².